The summed E-state index contributed by atoms with van der Waals surface area (Å²) in [7, 11) is -3.11. The van der Waals surface area contributed by atoms with Gasteiger partial charge in [0.15, 0.2) is 9.84 Å². The van der Waals surface area contributed by atoms with E-state index in [0.717, 1.165) is 6.07 Å². The van der Waals surface area contributed by atoms with Gasteiger partial charge < -0.3 is 11.1 Å². The van der Waals surface area contributed by atoms with E-state index in [1.54, 1.807) is 0 Å². The summed E-state index contributed by atoms with van der Waals surface area (Å²) < 4.78 is 35.3. The molecule has 1 aromatic rings. The van der Waals surface area contributed by atoms with E-state index in [0.29, 0.717) is 0 Å². The normalized spacial score (nSPS) is 11.2. The Morgan fingerprint density at radius 1 is 1.44 bits per heavy atom. The predicted molar refractivity (Wildman–Crippen MR) is 67.5 cm³/mol. The maximum atomic E-state index is 12.9. The van der Waals surface area contributed by atoms with E-state index in [2.05, 4.69) is 5.32 Å². The number of carbonyl (C=O) groups is 1. The lowest BCUT2D eigenvalue weighted by Gasteiger charge is -2.06. The summed E-state index contributed by atoms with van der Waals surface area (Å²) in [5, 5.41) is 2.44. The van der Waals surface area contributed by atoms with E-state index in [-0.39, 0.29) is 29.3 Å². The first-order valence-electron chi connectivity index (χ1n) is 5.39. The highest BCUT2D eigenvalue weighted by molar-refractivity contribution is 7.91. The number of benzene rings is 1. The molecule has 0 spiro atoms. The molecule has 5 nitrogen and oxygen atoms in total. The Hall–Kier alpha value is -1.63. The highest BCUT2D eigenvalue weighted by Gasteiger charge is 2.10. The monoisotopic (exact) mass is 274 g/mol. The van der Waals surface area contributed by atoms with Crippen LogP contribution < -0.4 is 11.1 Å². The molecule has 3 N–H and O–H groups in total. The lowest BCUT2D eigenvalue weighted by Crippen LogP contribution is -2.29. The number of rotatable bonds is 5. The Kier molecular flexibility index (Phi) is 4.66. The Bertz CT molecular complexity index is 543. The fourth-order valence-corrected chi connectivity index (χ4v) is 1.95. The van der Waals surface area contributed by atoms with E-state index in [9.17, 15) is 17.6 Å². The number of nitrogens with one attached hydrogen (secondary N) is 1. The molecule has 1 aromatic carbocycles. The second kappa shape index (κ2) is 5.81. The summed E-state index contributed by atoms with van der Waals surface area (Å²) in [4.78, 5) is 11.6. The summed E-state index contributed by atoms with van der Waals surface area (Å²) in [6.45, 7) is 1.56. The number of hydrogen-bond acceptors (Lipinski definition) is 4. The first-order chi connectivity index (χ1) is 8.35. The molecule has 0 atom stereocenters. The molecule has 1 rings (SSSR count). The molecule has 1 amide bonds. The molecule has 0 unspecified atom stereocenters. The Morgan fingerprint density at radius 2 is 2.11 bits per heavy atom. The minimum absolute atomic E-state index is 0.0201. The standard InChI is InChI=1S/C11H15FN2O3S/c1-2-18(16,17)6-5-14-11(15)8-3-4-9(12)10(13)7-8/h3-4,7H,2,5-6,13H2,1H3,(H,14,15). The van der Waals surface area contributed by atoms with E-state index in [1.807, 2.05) is 0 Å². The molecule has 100 valence electrons. The van der Waals surface area contributed by atoms with Crippen LogP contribution in [0.15, 0.2) is 18.2 Å². The van der Waals surface area contributed by atoms with E-state index in [4.69, 9.17) is 5.73 Å². The van der Waals surface area contributed by atoms with Crippen LogP contribution in [-0.2, 0) is 9.84 Å². The van der Waals surface area contributed by atoms with Gasteiger partial charge in [0.05, 0.1) is 11.4 Å². The van der Waals surface area contributed by atoms with Gasteiger partial charge in [0.1, 0.15) is 5.82 Å². The summed E-state index contributed by atoms with van der Waals surface area (Å²) in [6.07, 6.45) is 0. The minimum Gasteiger partial charge on any atom is -0.396 e. The van der Waals surface area contributed by atoms with Gasteiger partial charge in [-0.2, -0.15) is 0 Å². The zero-order valence-electron chi connectivity index (χ0n) is 9.94. The Labute approximate surface area is 105 Å². The molecular weight excluding hydrogens is 259 g/mol. The number of carbonyl (C=O) groups excluding carboxylic acids is 1. The summed E-state index contributed by atoms with van der Waals surface area (Å²) in [6, 6.07) is 3.58. The lowest BCUT2D eigenvalue weighted by molar-refractivity contribution is 0.0956. The zero-order valence-corrected chi connectivity index (χ0v) is 10.8. The molecule has 0 saturated carbocycles. The fourth-order valence-electron chi connectivity index (χ4n) is 1.25. The van der Waals surface area contributed by atoms with Crippen LogP contribution in [0.4, 0.5) is 10.1 Å². The van der Waals surface area contributed by atoms with E-state index < -0.39 is 21.6 Å². The van der Waals surface area contributed by atoms with Crippen molar-refractivity contribution in [1.29, 1.82) is 0 Å². The molecule has 0 aromatic heterocycles. The third-order valence-corrected chi connectivity index (χ3v) is 4.10. The van der Waals surface area contributed by atoms with Crippen LogP contribution in [0.2, 0.25) is 0 Å². The van der Waals surface area contributed by atoms with Gasteiger partial charge in [-0.05, 0) is 18.2 Å². The van der Waals surface area contributed by atoms with Crippen LogP contribution in [-0.4, -0.2) is 32.4 Å². The van der Waals surface area contributed by atoms with Crippen LogP contribution in [0.3, 0.4) is 0 Å². The molecule has 0 radical (unpaired) electrons. The number of amides is 1. The maximum absolute atomic E-state index is 12.9. The quantitative estimate of drug-likeness (QED) is 0.768. The summed E-state index contributed by atoms with van der Waals surface area (Å²) >= 11 is 0. The van der Waals surface area contributed by atoms with Crippen LogP contribution >= 0.6 is 0 Å². The van der Waals surface area contributed by atoms with Crippen molar-refractivity contribution in [2.75, 3.05) is 23.8 Å². The van der Waals surface area contributed by atoms with Gasteiger partial charge in [0, 0.05) is 17.9 Å². The molecule has 0 aliphatic rings. The second-order valence-electron chi connectivity index (χ2n) is 3.73. The van der Waals surface area contributed by atoms with Gasteiger partial charge in [0.2, 0.25) is 0 Å². The second-order valence-corrected chi connectivity index (χ2v) is 6.20. The van der Waals surface area contributed by atoms with Crippen molar-refractivity contribution < 1.29 is 17.6 Å². The average molecular weight is 274 g/mol. The zero-order chi connectivity index (χ0) is 13.8. The van der Waals surface area contributed by atoms with Gasteiger partial charge in [-0.3, -0.25) is 4.79 Å². The molecule has 0 aliphatic carbocycles. The number of anilines is 1. The van der Waals surface area contributed by atoms with Crippen molar-refractivity contribution in [3.8, 4) is 0 Å². The van der Waals surface area contributed by atoms with E-state index in [1.165, 1.54) is 19.1 Å². The number of nitrogens with two attached hydrogens (primary N) is 1. The largest absolute Gasteiger partial charge is 0.396 e. The number of halogens is 1. The first-order valence-corrected chi connectivity index (χ1v) is 7.21. The van der Waals surface area contributed by atoms with Crippen molar-refractivity contribution >= 4 is 21.4 Å². The molecule has 0 saturated heterocycles. The summed E-state index contributed by atoms with van der Waals surface area (Å²) in [5.74, 6) is -1.16. The van der Waals surface area contributed by atoms with Gasteiger partial charge in [-0.25, -0.2) is 12.8 Å². The van der Waals surface area contributed by atoms with Crippen LogP contribution in [0, 0.1) is 5.82 Å². The van der Waals surface area contributed by atoms with Gasteiger partial charge in [0.25, 0.3) is 5.91 Å². The lowest BCUT2D eigenvalue weighted by atomic mass is 10.2. The van der Waals surface area contributed by atoms with Crippen molar-refractivity contribution in [2.45, 2.75) is 6.92 Å². The molecule has 7 heteroatoms. The van der Waals surface area contributed by atoms with Gasteiger partial charge in [-0.1, -0.05) is 6.92 Å². The third-order valence-electron chi connectivity index (χ3n) is 2.40. The van der Waals surface area contributed by atoms with Gasteiger partial charge in [-0.15, -0.1) is 0 Å². The smallest absolute Gasteiger partial charge is 0.251 e. The molecular formula is C11H15FN2O3S. The average Bonchev–Trinajstić information content (AvgIpc) is 2.32. The van der Waals surface area contributed by atoms with Crippen molar-refractivity contribution in [3.63, 3.8) is 0 Å². The fraction of sp³-hybridized carbons (Fsp3) is 0.364. The van der Waals surface area contributed by atoms with Crippen LogP contribution in [0.1, 0.15) is 17.3 Å². The highest BCUT2D eigenvalue weighted by Crippen LogP contribution is 2.11. The molecule has 0 fully saturated rings. The number of sulfone groups is 1. The maximum Gasteiger partial charge on any atom is 0.251 e. The first kappa shape index (κ1) is 14.4. The predicted octanol–water partition coefficient (Wildman–Crippen LogP) is 0.572. The molecule has 18 heavy (non-hydrogen) atoms. The van der Waals surface area contributed by atoms with Crippen LogP contribution in [0.5, 0.6) is 0 Å². The molecule has 0 heterocycles. The Balaban J connectivity index is 2.58. The molecule has 0 aliphatic heterocycles. The van der Waals surface area contributed by atoms with Crippen LogP contribution in [0.25, 0.3) is 0 Å². The number of nitrogen functional groups attached to an aromatic ring is 1. The molecule has 0 bridgehead atoms. The topological polar surface area (TPSA) is 89.3 Å². The number of hydrogen-bond donors (Lipinski definition) is 2. The Morgan fingerprint density at radius 3 is 2.67 bits per heavy atom. The van der Waals surface area contributed by atoms with Crippen molar-refractivity contribution in [2.24, 2.45) is 0 Å². The summed E-state index contributed by atoms with van der Waals surface area (Å²) in [5.41, 5.74) is 5.40. The SMILES string of the molecule is CCS(=O)(=O)CCNC(=O)c1ccc(F)c(N)c1. The van der Waals surface area contributed by atoms with Crippen molar-refractivity contribution in [1.82, 2.24) is 5.32 Å². The van der Waals surface area contributed by atoms with Crippen molar-refractivity contribution in [3.05, 3.63) is 29.6 Å². The highest BCUT2D eigenvalue weighted by atomic mass is 32.2. The minimum atomic E-state index is -3.11. The van der Waals surface area contributed by atoms with Gasteiger partial charge >= 0.3 is 0 Å². The third kappa shape index (κ3) is 3.99. The van der Waals surface area contributed by atoms with E-state index >= 15 is 0 Å².